The third-order valence-corrected chi connectivity index (χ3v) is 7.32. The lowest BCUT2D eigenvalue weighted by molar-refractivity contribution is -0.274. The Bertz CT molecular complexity index is 1760. The molecule has 0 radical (unpaired) electrons. The van der Waals surface area contributed by atoms with E-state index in [1.54, 1.807) is 30.1 Å². The number of fused-ring (bicyclic) bond motifs is 3. The van der Waals surface area contributed by atoms with Crippen LogP contribution in [0.4, 0.5) is 23.7 Å². The fourth-order valence-corrected chi connectivity index (χ4v) is 5.30. The topological polar surface area (TPSA) is 80.5 Å². The first-order valence-electron chi connectivity index (χ1n) is 13.3. The molecule has 0 saturated carbocycles. The van der Waals surface area contributed by atoms with Crippen LogP contribution >= 0.6 is 12.1 Å². The summed E-state index contributed by atoms with van der Waals surface area (Å²) >= 11 is 0.937. The largest absolute Gasteiger partial charge is 0.573 e. The third-order valence-electron chi connectivity index (χ3n) is 6.84. The molecule has 2 N–H and O–H groups in total. The number of carbonyl (C=O) groups excluding carboxylic acids is 1. The fourth-order valence-electron chi connectivity index (χ4n) is 4.94. The van der Waals surface area contributed by atoms with Crippen molar-refractivity contribution in [3.63, 3.8) is 0 Å². The molecular formula is C31H28F3N5O2S. The molecule has 2 amide bonds. The zero-order valence-corrected chi connectivity index (χ0v) is 23.9. The zero-order valence-electron chi connectivity index (χ0n) is 23.1. The summed E-state index contributed by atoms with van der Waals surface area (Å²) < 4.78 is 50.3. The zero-order chi connectivity index (χ0) is 29.9. The van der Waals surface area contributed by atoms with Crippen molar-refractivity contribution in [2.75, 3.05) is 5.32 Å². The van der Waals surface area contributed by atoms with Crippen LogP contribution in [0, 0.1) is 0 Å². The average Bonchev–Trinajstić information content (AvgIpc) is 3.31. The van der Waals surface area contributed by atoms with E-state index in [4.69, 9.17) is 5.10 Å². The van der Waals surface area contributed by atoms with Gasteiger partial charge in [0.2, 0.25) is 0 Å². The van der Waals surface area contributed by atoms with Crippen LogP contribution in [0.1, 0.15) is 30.5 Å². The van der Waals surface area contributed by atoms with E-state index in [2.05, 4.69) is 33.0 Å². The predicted molar refractivity (Wildman–Crippen MR) is 163 cm³/mol. The number of urea groups is 1. The van der Waals surface area contributed by atoms with Crippen LogP contribution in [0.3, 0.4) is 0 Å². The fraction of sp³-hybridized carbons (Fsp3) is 0.194. The van der Waals surface area contributed by atoms with Crippen molar-refractivity contribution in [3.05, 3.63) is 89.5 Å². The lowest BCUT2D eigenvalue weighted by atomic mass is 10.0. The van der Waals surface area contributed by atoms with E-state index in [1.807, 2.05) is 48.5 Å². The molecule has 0 saturated heterocycles. The van der Waals surface area contributed by atoms with Crippen LogP contribution in [0.5, 0.6) is 5.75 Å². The van der Waals surface area contributed by atoms with Crippen molar-refractivity contribution >= 4 is 51.7 Å². The van der Waals surface area contributed by atoms with Gasteiger partial charge in [0.25, 0.3) is 0 Å². The Labute approximate surface area is 245 Å². The van der Waals surface area contributed by atoms with E-state index in [1.165, 1.54) is 12.1 Å². The number of rotatable bonds is 8. The first kappa shape index (κ1) is 29.0. The lowest BCUT2D eigenvalue weighted by Gasteiger charge is -2.14. The summed E-state index contributed by atoms with van der Waals surface area (Å²) in [5, 5.41) is 10.4. The van der Waals surface area contributed by atoms with E-state index >= 15 is 0 Å². The highest BCUT2D eigenvalue weighted by atomic mass is 32.2. The Morgan fingerprint density at radius 2 is 1.69 bits per heavy atom. The number of carbonyl (C=O) groups is 1. The van der Waals surface area contributed by atoms with Gasteiger partial charge in [-0.2, -0.15) is 5.10 Å². The number of anilines is 1. The molecule has 0 bridgehead atoms. The van der Waals surface area contributed by atoms with Crippen LogP contribution in [0.2, 0.25) is 0 Å². The summed E-state index contributed by atoms with van der Waals surface area (Å²) in [6.45, 7) is 4.11. The number of benzene rings is 4. The molecule has 7 nitrogen and oxygen atoms in total. The first-order valence-corrected chi connectivity index (χ1v) is 14.1. The monoisotopic (exact) mass is 591 g/mol. The Hall–Kier alpha value is -4.51. The first-order chi connectivity index (χ1) is 20.2. The molecule has 1 aromatic heterocycles. The van der Waals surface area contributed by atoms with Crippen molar-refractivity contribution in [1.29, 1.82) is 0 Å². The molecule has 1 heterocycles. The van der Waals surface area contributed by atoms with E-state index in [0.29, 0.717) is 0 Å². The van der Waals surface area contributed by atoms with Gasteiger partial charge in [0, 0.05) is 35.3 Å². The smallest absolute Gasteiger partial charge is 0.406 e. The van der Waals surface area contributed by atoms with E-state index in [0.717, 1.165) is 80.3 Å². The molecule has 0 aliphatic rings. The van der Waals surface area contributed by atoms with Gasteiger partial charge in [0.15, 0.2) is 0 Å². The molecule has 0 atom stereocenters. The number of nitrogens with zero attached hydrogens (tertiary/aromatic N) is 3. The Kier molecular flexibility index (Phi) is 8.39. The molecule has 0 fully saturated rings. The van der Waals surface area contributed by atoms with Crippen LogP contribution in [-0.4, -0.2) is 28.4 Å². The molecule has 216 valence electrons. The normalized spacial score (nSPS) is 11.9. The van der Waals surface area contributed by atoms with E-state index in [9.17, 15) is 18.0 Å². The maximum atomic E-state index is 12.5. The van der Waals surface area contributed by atoms with Gasteiger partial charge in [-0.3, -0.25) is 9.40 Å². The van der Waals surface area contributed by atoms with Gasteiger partial charge in [-0.05, 0) is 71.3 Å². The molecule has 0 aliphatic heterocycles. The minimum atomic E-state index is -4.74. The van der Waals surface area contributed by atoms with Crippen LogP contribution < -0.4 is 14.8 Å². The highest BCUT2D eigenvalue weighted by Gasteiger charge is 2.31. The molecule has 5 aromatic rings. The molecule has 0 aliphatic carbocycles. The van der Waals surface area contributed by atoms with Crippen molar-refractivity contribution in [1.82, 2.24) is 14.5 Å². The standard InChI is InChI=1S/C31H28F3N5O2S/c1-4-20-7-6-8-21(5-2)27(20)36-30(40)38-42-35-18-19-9-15-25-23(17-19)12-16-26-28(25)37-39(3)29(26)22-10-13-24(14-11-22)41-31(32,33)34/h6-18H,4-5H2,1-3H3,(H2,36,38,40)/b35-18+. The number of para-hydroxylation sites is 1. The van der Waals surface area contributed by atoms with Crippen LogP contribution in [0.25, 0.3) is 32.9 Å². The van der Waals surface area contributed by atoms with Crippen molar-refractivity contribution in [3.8, 4) is 17.0 Å². The summed E-state index contributed by atoms with van der Waals surface area (Å²) in [7, 11) is 1.80. The van der Waals surface area contributed by atoms with Gasteiger partial charge < -0.3 is 10.1 Å². The van der Waals surface area contributed by atoms with E-state index in [-0.39, 0.29) is 11.8 Å². The summed E-state index contributed by atoms with van der Waals surface area (Å²) in [4.78, 5) is 12.5. The Morgan fingerprint density at radius 3 is 2.36 bits per heavy atom. The molecule has 0 spiro atoms. The summed E-state index contributed by atoms with van der Waals surface area (Å²) in [5.74, 6) is -0.279. The second kappa shape index (κ2) is 12.2. The molecular weight excluding hydrogens is 563 g/mol. The molecule has 11 heteroatoms. The second-order valence-corrected chi connectivity index (χ2v) is 10.1. The summed E-state index contributed by atoms with van der Waals surface area (Å²) in [5.41, 5.74) is 6.12. The van der Waals surface area contributed by atoms with Gasteiger partial charge in [0.1, 0.15) is 11.3 Å². The predicted octanol–water partition coefficient (Wildman–Crippen LogP) is 8.22. The van der Waals surface area contributed by atoms with Gasteiger partial charge >= 0.3 is 12.4 Å². The molecule has 42 heavy (non-hydrogen) atoms. The Morgan fingerprint density at radius 1 is 1.00 bits per heavy atom. The summed E-state index contributed by atoms with van der Waals surface area (Å²) in [6.07, 6.45) is -1.44. The number of amides is 2. The van der Waals surface area contributed by atoms with E-state index < -0.39 is 6.36 Å². The second-order valence-electron chi connectivity index (χ2n) is 9.53. The average molecular weight is 592 g/mol. The highest BCUT2D eigenvalue weighted by Crippen LogP contribution is 2.34. The third kappa shape index (κ3) is 6.36. The Balaban J connectivity index is 1.29. The SMILES string of the molecule is CCc1cccc(CC)c1NC(=O)NS/N=C/c1ccc2c(ccc3c(-c4ccc(OC(F)(F)F)cc4)n(C)nc32)c1. The molecule has 0 unspecified atom stereocenters. The van der Waals surface area contributed by atoms with Gasteiger partial charge in [-0.15, -0.1) is 13.2 Å². The van der Waals surface area contributed by atoms with Crippen LogP contribution in [0.15, 0.2) is 77.2 Å². The van der Waals surface area contributed by atoms with Gasteiger partial charge in [-0.25, -0.2) is 9.19 Å². The minimum Gasteiger partial charge on any atom is -0.406 e. The number of halogens is 3. The number of ether oxygens (including phenoxy) is 1. The number of nitrogens with one attached hydrogen (secondary N) is 2. The maximum Gasteiger partial charge on any atom is 0.573 e. The number of hydrogen-bond acceptors (Lipinski definition) is 5. The van der Waals surface area contributed by atoms with Gasteiger partial charge in [-0.1, -0.05) is 50.2 Å². The number of alkyl halides is 3. The van der Waals surface area contributed by atoms with Crippen molar-refractivity contribution < 1.29 is 22.7 Å². The molecule has 4 aromatic carbocycles. The van der Waals surface area contributed by atoms with Crippen molar-refractivity contribution in [2.24, 2.45) is 11.4 Å². The lowest BCUT2D eigenvalue weighted by Crippen LogP contribution is -2.23. The highest BCUT2D eigenvalue weighted by molar-refractivity contribution is 7.96. The van der Waals surface area contributed by atoms with Crippen molar-refractivity contribution in [2.45, 2.75) is 33.1 Å². The quantitative estimate of drug-likeness (QED) is 0.141. The van der Waals surface area contributed by atoms with Gasteiger partial charge in [0.05, 0.1) is 17.8 Å². The molecule has 5 rings (SSSR count). The minimum absolute atomic E-state index is 0.279. The number of aromatic nitrogens is 2. The maximum absolute atomic E-state index is 12.5. The summed E-state index contributed by atoms with van der Waals surface area (Å²) in [6, 6.07) is 21.2. The van der Waals surface area contributed by atoms with Crippen LogP contribution in [-0.2, 0) is 19.9 Å². The number of hydrogen-bond donors (Lipinski definition) is 2. The number of aryl methyl sites for hydroxylation is 3.